The number of carbonyl (C=O) groups excluding carboxylic acids is 1. The number of halogens is 2. The van der Waals surface area contributed by atoms with Crippen LogP contribution in [0.4, 0.5) is 15.0 Å². The summed E-state index contributed by atoms with van der Waals surface area (Å²) in [5, 5.41) is 0.242. The lowest BCUT2D eigenvalue weighted by atomic mass is 9.92. The maximum Gasteiger partial charge on any atom is 0.410 e. The Balaban J connectivity index is 1.18. The molecule has 2 bridgehead atoms. The Kier molecular flexibility index (Phi) is 5.59. The lowest BCUT2D eigenvalue weighted by molar-refractivity contribution is 0.0122. The molecule has 1 amide bonds. The molecular formula is C28H34ClFN6O3. The first-order valence-corrected chi connectivity index (χ1v) is 14.2. The van der Waals surface area contributed by atoms with Crippen molar-refractivity contribution in [3.63, 3.8) is 0 Å². The topological polar surface area (TPSA) is 83.9 Å². The quantitative estimate of drug-likeness (QED) is 0.400. The van der Waals surface area contributed by atoms with Gasteiger partial charge in [0.2, 0.25) is 0 Å². The maximum atomic E-state index is 15.2. The first-order chi connectivity index (χ1) is 18.5. The summed E-state index contributed by atoms with van der Waals surface area (Å²) in [7, 11) is 0. The van der Waals surface area contributed by atoms with Gasteiger partial charge in [-0.1, -0.05) is 23.8 Å². The van der Waals surface area contributed by atoms with Crippen LogP contribution in [0.2, 0.25) is 5.15 Å². The first kappa shape index (κ1) is 25.3. The van der Waals surface area contributed by atoms with E-state index in [0.717, 1.165) is 38.1 Å². The minimum atomic E-state index is -0.686. The third kappa shape index (κ3) is 4.22. The van der Waals surface area contributed by atoms with E-state index in [9.17, 15) is 4.79 Å². The zero-order chi connectivity index (χ0) is 27.3. The highest BCUT2D eigenvalue weighted by Gasteiger charge is 2.62. The highest BCUT2D eigenvalue weighted by atomic mass is 35.5. The zero-order valence-electron chi connectivity index (χ0n) is 22.6. The summed E-state index contributed by atoms with van der Waals surface area (Å²) in [6, 6.07) is 0.702. The normalized spacial score (nSPS) is 31.6. The van der Waals surface area contributed by atoms with E-state index in [1.807, 2.05) is 25.7 Å². The van der Waals surface area contributed by atoms with Crippen molar-refractivity contribution in [3.05, 3.63) is 29.3 Å². The molecule has 5 atom stereocenters. The molecule has 39 heavy (non-hydrogen) atoms. The number of hydrogen-bond acceptors (Lipinski definition) is 8. The summed E-state index contributed by atoms with van der Waals surface area (Å²) in [6.07, 6.45) is 6.21. The van der Waals surface area contributed by atoms with Gasteiger partial charge < -0.3 is 14.4 Å². The molecule has 2 aromatic heterocycles. The molecule has 0 spiro atoms. The molecular weight excluding hydrogens is 523 g/mol. The minimum absolute atomic E-state index is 0.0275. The molecule has 6 heterocycles. The SMILES string of the molecule is C=C1CN2[C@H]3C[C@H]3CC2(COc2nc(N3C[C@H]4CC[C@@H](C3)N4C(=O)OC(C)(C)C)c3cnc(Cl)c(F)c3n2)C1. The number of carbonyl (C=O) groups is 1. The number of piperazine rings is 1. The average Bonchev–Trinajstić information content (AvgIpc) is 3.33. The smallest absolute Gasteiger partial charge is 0.410 e. The molecule has 1 aliphatic carbocycles. The molecule has 9 nitrogen and oxygen atoms in total. The van der Waals surface area contributed by atoms with Gasteiger partial charge in [-0.15, -0.1) is 0 Å². The molecule has 1 unspecified atom stereocenters. The van der Waals surface area contributed by atoms with E-state index in [-0.39, 0.29) is 40.4 Å². The molecule has 0 radical (unpaired) electrons. The fourth-order valence-corrected chi connectivity index (χ4v) is 7.53. The number of rotatable bonds is 4. The second-order valence-electron chi connectivity index (χ2n) is 13.0. The van der Waals surface area contributed by atoms with Crippen molar-refractivity contribution in [3.8, 4) is 6.01 Å². The second kappa shape index (κ2) is 8.64. The van der Waals surface area contributed by atoms with Gasteiger partial charge in [-0.25, -0.2) is 14.2 Å². The molecule has 7 rings (SSSR count). The number of piperidine rings is 1. The summed E-state index contributed by atoms with van der Waals surface area (Å²) in [6.45, 7) is 12.3. The van der Waals surface area contributed by atoms with Crippen LogP contribution in [0.15, 0.2) is 18.3 Å². The van der Waals surface area contributed by atoms with E-state index in [0.29, 0.717) is 36.9 Å². The monoisotopic (exact) mass is 556 g/mol. The first-order valence-electron chi connectivity index (χ1n) is 13.9. The zero-order valence-corrected chi connectivity index (χ0v) is 23.4. The fraction of sp³-hybridized carbons (Fsp3) is 0.643. The van der Waals surface area contributed by atoms with Crippen molar-refractivity contribution in [1.29, 1.82) is 0 Å². The van der Waals surface area contributed by atoms with Gasteiger partial charge in [0.25, 0.3) is 0 Å². The van der Waals surface area contributed by atoms with E-state index >= 15 is 4.39 Å². The van der Waals surface area contributed by atoms with Crippen LogP contribution in [0.1, 0.15) is 52.9 Å². The Morgan fingerprint density at radius 3 is 2.72 bits per heavy atom. The molecule has 2 aromatic rings. The Morgan fingerprint density at radius 1 is 1.26 bits per heavy atom. The van der Waals surface area contributed by atoms with Crippen LogP contribution >= 0.6 is 11.6 Å². The van der Waals surface area contributed by atoms with Gasteiger partial charge in [0.05, 0.1) is 23.0 Å². The predicted molar refractivity (Wildman–Crippen MR) is 145 cm³/mol. The number of hydrogen-bond donors (Lipinski definition) is 0. The van der Waals surface area contributed by atoms with Crippen LogP contribution in [0.5, 0.6) is 6.01 Å². The number of aromatic nitrogens is 3. The largest absolute Gasteiger partial charge is 0.461 e. The van der Waals surface area contributed by atoms with Crippen LogP contribution in [0.3, 0.4) is 0 Å². The number of pyridine rings is 1. The lowest BCUT2D eigenvalue weighted by Gasteiger charge is -2.42. The maximum absolute atomic E-state index is 15.2. The van der Waals surface area contributed by atoms with E-state index in [2.05, 4.69) is 26.3 Å². The van der Waals surface area contributed by atoms with E-state index < -0.39 is 11.4 Å². The van der Waals surface area contributed by atoms with E-state index in [4.69, 9.17) is 26.1 Å². The molecule has 208 valence electrons. The van der Waals surface area contributed by atoms with Crippen LogP contribution in [0.25, 0.3) is 10.9 Å². The molecule has 1 saturated carbocycles. The van der Waals surface area contributed by atoms with Gasteiger partial charge in [0.15, 0.2) is 11.0 Å². The van der Waals surface area contributed by atoms with Crippen LogP contribution in [0, 0.1) is 11.7 Å². The van der Waals surface area contributed by atoms with Gasteiger partial charge in [-0.05, 0) is 58.8 Å². The molecule has 0 aromatic carbocycles. The van der Waals surface area contributed by atoms with Crippen molar-refractivity contribution in [2.24, 2.45) is 5.92 Å². The van der Waals surface area contributed by atoms with Crippen molar-refractivity contribution in [2.75, 3.05) is 31.1 Å². The molecule has 11 heteroatoms. The van der Waals surface area contributed by atoms with Crippen LogP contribution < -0.4 is 9.64 Å². The minimum Gasteiger partial charge on any atom is -0.461 e. The Hall–Kier alpha value is -2.72. The van der Waals surface area contributed by atoms with Gasteiger partial charge in [0, 0.05) is 31.9 Å². The van der Waals surface area contributed by atoms with Crippen LogP contribution in [-0.4, -0.2) is 86.4 Å². The fourth-order valence-electron chi connectivity index (χ4n) is 7.40. The Bertz CT molecular complexity index is 1370. The molecule has 0 N–H and O–H groups in total. The lowest BCUT2D eigenvalue weighted by Crippen LogP contribution is -2.57. The van der Waals surface area contributed by atoms with Crippen LogP contribution in [-0.2, 0) is 4.74 Å². The molecule has 5 fully saturated rings. The van der Waals surface area contributed by atoms with Crippen molar-refractivity contribution >= 4 is 34.4 Å². The number of ether oxygens (including phenoxy) is 2. The summed E-state index contributed by atoms with van der Waals surface area (Å²) in [4.78, 5) is 32.8. The standard InChI is InChI=1S/C28H34ClFN6O3/c1-15-8-28(9-16-7-20(16)35(28)11-15)14-38-25-32-22-19(10-31-23(29)21(22)30)24(33-25)34-12-17-5-6-18(13-34)36(17)26(37)39-27(2,3)4/h10,16-18,20H,1,5-9,11-14H2,2-4H3/t16-,17-,18+,20-,28?/m0/s1. The number of amides is 1. The van der Waals surface area contributed by atoms with Crippen molar-refractivity contribution in [1.82, 2.24) is 24.8 Å². The average molecular weight is 557 g/mol. The Labute approximate surface area is 232 Å². The summed E-state index contributed by atoms with van der Waals surface area (Å²) in [5.41, 5.74) is 0.671. The van der Waals surface area contributed by atoms with Crippen molar-refractivity contribution in [2.45, 2.75) is 82.1 Å². The van der Waals surface area contributed by atoms with Gasteiger partial charge >= 0.3 is 12.1 Å². The number of anilines is 1. The van der Waals surface area contributed by atoms with Gasteiger partial charge in [-0.3, -0.25) is 9.80 Å². The molecule has 5 aliphatic rings. The Morgan fingerprint density at radius 2 is 2.00 bits per heavy atom. The predicted octanol–water partition coefficient (Wildman–Crippen LogP) is 4.58. The van der Waals surface area contributed by atoms with Crippen molar-refractivity contribution < 1.29 is 18.7 Å². The summed E-state index contributed by atoms with van der Waals surface area (Å²) >= 11 is 6.06. The van der Waals surface area contributed by atoms with E-state index in [1.54, 1.807) is 0 Å². The number of nitrogens with zero attached hydrogens (tertiary/aromatic N) is 6. The van der Waals surface area contributed by atoms with Gasteiger partial charge in [-0.2, -0.15) is 9.97 Å². The van der Waals surface area contributed by atoms with E-state index in [1.165, 1.54) is 18.2 Å². The van der Waals surface area contributed by atoms with Gasteiger partial charge in [0.1, 0.15) is 23.5 Å². The third-order valence-electron chi connectivity index (χ3n) is 8.97. The molecule has 4 saturated heterocycles. The highest BCUT2D eigenvalue weighted by Crippen LogP contribution is 2.57. The number of fused-ring (bicyclic) bond motifs is 6. The summed E-state index contributed by atoms with van der Waals surface area (Å²) < 4.78 is 27.2. The third-order valence-corrected chi connectivity index (χ3v) is 9.23. The molecule has 4 aliphatic heterocycles. The highest BCUT2D eigenvalue weighted by molar-refractivity contribution is 6.30. The summed E-state index contributed by atoms with van der Waals surface area (Å²) in [5.74, 6) is 0.598. The second-order valence-corrected chi connectivity index (χ2v) is 13.3.